The van der Waals surface area contributed by atoms with Crippen molar-refractivity contribution in [2.24, 2.45) is 0 Å². The Labute approximate surface area is 134 Å². The number of rotatable bonds is 5. The van der Waals surface area contributed by atoms with Gasteiger partial charge in [-0.25, -0.2) is 9.69 Å². The Balaban J connectivity index is 2.25. The number of anilines is 2. The molecule has 122 valence electrons. The standard InChI is InChI=1S/C14H10N4O6/c19-9-16(10-5-7-11(8-6-10)17(21)22)14(20)15-12-3-1-2-4-13(12)18(23)24/h1-9H,(H,15,20). The van der Waals surface area contributed by atoms with Crippen LogP contribution in [-0.2, 0) is 4.79 Å². The maximum absolute atomic E-state index is 12.2. The second-order valence-electron chi connectivity index (χ2n) is 4.45. The van der Waals surface area contributed by atoms with Gasteiger partial charge in [0, 0.05) is 18.2 Å². The van der Waals surface area contributed by atoms with Crippen LogP contribution in [0.2, 0.25) is 0 Å². The SMILES string of the molecule is O=CN(C(=O)Nc1ccccc1[N+](=O)[O-])c1ccc([N+](=O)[O-])cc1. The van der Waals surface area contributed by atoms with Gasteiger partial charge in [0.25, 0.3) is 11.4 Å². The summed E-state index contributed by atoms with van der Waals surface area (Å²) in [7, 11) is 0. The molecule has 0 spiro atoms. The molecule has 0 aliphatic rings. The fourth-order valence-corrected chi connectivity index (χ4v) is 1.87. The summed E-state index contributed by atoms with van der Waals surface area (Å²) in [6.45, 7) is 0. The van der Waals surface area contributed by atoms with Gasteiger partial charge in [-0.1, -0.05) is 12.1 Å². The molecule has 0 fully saturated rings. The van der Waals surface area contributed by atoms with Crippen LogP contribution in [0.1, 0.15) is 0 Å². The fourth-order valence-electron chi connectivity index (χ4n) is 1.87. The molecule has 1 N–H and O–H groups in total. The normalized spacial score (nSPS) is 9.83. The summed E-state index contributed by atoms with van der Waals surface area (Å²) >= 11 is 0. The summed E-state index contributed by atoms with van der Waals surface area (Å²) in [4.78, 5) is 44.2. The smallest absolute Gasteiger partial charge is 0.301 e. The van der Waals surface area contributed by atoms with Crippen molar-refractivity contribution in [1.82, 2.24) is 0 Å². The molecule has 0 aromatic heterocycles. The predicted octanol–water partition coefficient (Wildman–Crippen LogP) is 2.70. The number of benzene rings is 2. The molecule has 0 heterocycles. The van der Waals surface area contributed by atoms with E-state index in [2.05, 4.69) is 5.32 Å². The summed E-state index contributed by atoms with van der Waals surface area (Å²) in [6, 6.07) is 9.18. The van der Waals surface area contributed by atoms with E-state index in [1.54, 1.807) is 0 Å². The number of hydrogen-bond acceptors (Lipinski definition) is 6. The van der Waals surface area contributed by atoms with E-state index >= 15 is 0 Å². The van der Waals surface area contributed by atoms with Gasteiger partial charge in [0.15, 0.2) is 0 Å². The van der Waals surface area contributed by atoms with Crippen molar-refractivity contribution in [2.75, 3.05) is 10.2 Å². The summed E-state index contributed by atoms with van der Waals surface area (Å²) in [5, 5.41) is 23.8. The molecule has 0 aliphatic heterocycles. The third-order valence-electron chi connectivity index (χ3n) is 3.01. The van der Waals surface area contributed by atoms with Crippen LogP contribution >= 0.6 is 0 Å². The van der Waals surface area contributed by atoms with Gasteiger partial charge < -0.3 is 5.32 Å². The predicted molar refractivity (Wildman–Crippen MR) is 83.8 cm³/mol. The van der Waals surface area contributed by atoms with Crippen LogP contribution in [0.15, 0.2) is 48.5 Å². The quantitative estimate of drug-likeness (QED) is 0.508. The van der Waals surface area contributed by atoms with Gasteiger partial charge in [0.05, 0.1) is 15.5 Å². The molecule has 0 bridgehead atoms. The average Bonchev–Trinajstić information content (AvgIpc) is 2.56. The second kappa shape index (κ2) is 6.96. The Bertz CT molecular complexity index is 805. The first kappa shape index (κ1) is 16.5. The zero-order valence-corrected chi connectivity index (χ0v) is 12.0. The van der Waals surface area contributed by atoms with Crippen LogP contribution in [0.4, 0.5) is 27.5 Å². The lowest BCUT2D eigenvalue weighted by molar-refractivity contribution is -0.384. The van der Waals surface area contributed by atoms with Gasteiger partial charge >= 0.3 is 6.03 Å². The number of non-ortho nitro benzene ring substituents is 1. The number of para-hydroxylation sites is 2. The molecule has 3 amide bonds. The highest BCUT2D eigenvalue weighted by atomic mass is 16.6. The lowest BCUT2D eigenvalue weighted by Crippen LogP contribution is -2.33. The molecule has 2 aromatic rings. The molecule has 0 atom stereocenters. The van der Waals surface area contributed by atoms with Gasteiger partial charge in [0.1, 0.15) is 5.69 Å². The maximum Gasteiger partial charge on any atom is 0.333 e. The lowest BCUT2D eigenvalue weighted by atomic mass is 10.2. The minimum atomic E-state index is -0.937. The zero-order valence-electron chi connectivity index (χ0n) is 12.0. The number of nitro benzene ring substituents is 2. The van der Waals surface area contributed by atoms with Crippen LogP contribution in [0.25, 0.3) is 0 Å². The molecule has 0 unspecified atom stereocenters. The highest BCUT2D eigenvalue weighted by molar-refractivity contribution is 6.12. The van der Waals surface area contributed by atoms with E-state index in [1.807, 2.05) is 0 Å². The molecule has 0 radical (unpaired) electrons. The van der Waals surface area contributed by atoms with E-state index in [1.165, 1.54) is 36.4 Å². The molecule has 24 heavy (non-hydrogen) atoms. The minimum absolute atomic E-state index is 0.0756. The van der Waals surface area contributed by atoms with E-state index in [-0.39, 0.29) is 29.2 Å². The Morgan fingerprint density at radius 1 is 1.00 bits per heavy atom. The first-order chi connectivity index (χ1) is 11.4. The van der Waals surface area contributed by atoms with Crippen molar-refractivity contribution in [3.63, 3.8) is 0 Å². The third kappa shape index (κ3) is 3.50. The molecule has 10 heteroatoms. The van der Waals surface area contributed by atoms with Crippen LogP contribution in [0, 0.1) is 20.2 Å². The molecular formula is C14H10N4O6. The molecular weight excluding hydrogens is 320 g/mol. The Morgan fingerprint density at radius 2 is 1.62 bits per heavy atom. The van der Waals surface area contributed by atoms with Crippen LogP contribution in [0.3, 0.4) is 0 Å². The van der Waals surface area contributed by atoms with E-state index in [4.69, 9.17) is 0 Å². The van der Waals surface area contributed by atoms with Gasteiger partial charge in [0.2, 0.25) is 6.41 Å². The monoisotopic (exact) mass is 330 g/mol. The molecule has 0 aliphatic carbocycles. The highest BCUT2D eigenvalue weighted by Crippen LogP contribution is 2.25. The summed E-state index contributed by atoms with van der Waals surface area (Å²) in [5.74, 6) is 0. The van der Waals surface area contributed by atoms with Crippen molar-refractivity contribution >= 4 is 35.2 Å². The maximum atomic E-state index is 12.2. The number of imide groups is 1. The topological polar surface area (TPSA) is 136 Å². The van der Waals surface area contributed by atoms with Crippen LogP contribution in [0.5, 0.6) is 0 Å². The fraction of sp³-hybridized carbons (Fsp3) is 0. The zero-order chi connectivity index (χ0) is 17.7. The first-order valence-corrected chi connectivity index (χ1v) is 6.47. The molecule has 0 saturated heterocycles. The number of carbonyl (C=O) groups is 2. The van der Waals surface area contributed by atoms with Gasteiger partial charge in [-0.3, -0.25) is 25.0 Å². The summed E-state index contributed by atoms with van der Waals surface area (Å²) in [6.07, 6.45) is 0.200. The van der Waals surface area contributed by atoms with Crippen molar-refractivity contribution < 1.29 is 19.4 Å². The Kier molecular flexibility index (Phi) is 4.80. The number of amides is 3. The van der Waals surface area contributed by atoms with Crippen molar-refractivity contribution in [3.8, 4) is 0 Å². The summed E-state index contributed by atoms with van der Waals surface area (Å²) < 4.78 is 0. The molecule has 0 saturated carbocycles. The van der Waals surface area contributed by atoms with E-state index in [0.717, 1.165) is 12.1 Å². The van der Waals surface area contributed by atoms with Crippen molar-refractivity contribution in [3.05, 3.63) is 68.8 Å². The first-order valence-electron chi connectivity index (χ1n) is 6.47. The number of hydrogen-bond donors (Lipinski definition) is 1. The van der Waals surface area contributed by atoms with E-state index in [0.29, 0.717) is 4.90 Å². The number of nitrogens with one attached hydrogen (secondary N) is 1. The van der Waals surface area contributed by atoms with Crippen molar-refractivity contribution in [2.45, 2.75) is 0 Å². The number of carbonyl (C=O) groups excluding carboxylic acids is 2. The molecule has 2 aromatic carbocycles. The second-order valence-corrected chi connectivity index (χ2v) is 4.45. The van der Waals surface area contributed by atoms with Gasteiger partial charge in [-0.2, -0.15) is 0 Å². The minimum Gasteiger partial charge on any atom is -0.301 e. The average molecular weight is 330 g/mol. The van der Waals surface area contributed by atoms with Crippen LogP contribution in [-0.4, -0.2) is 22.3 Å². The van der Waals surface area contributed by atoms with E-state index in [9.17, 15) is 29.8 Å². The Morgan fingerprint density at radius 3 is 2.17 bits per heavy atom. The van der Waals surface area contributed by atoms with Crippen LogP contribution < -0.4 is 10.2 Å². The molecule has 10 nitrogen and oxygen atoms in total. The van der Waals surface area contributed by atoms with Crippen molar-refractivity contribution in [1.29, 1.82) is 0 Å². The third-order valence-corrected chi connectivity index (χ3v) is 3.01. The number of nitro groups is 2. The largest absolute Gasteiger partial charge is 0.333 e. The van der Waals surface area contributed by atoms with Gasteiger partial charge in [-0.05, 0) is 18.2 Å². The molecule has 2 rings (SSSR count). The Hall–Kier alpha value is -3.82. The number of urea groups is 1. The number of nitrogens with zero attached hydrogens (tertiary/aromatic N) is 3. The van der Waals surface area contributed by atoms with E-state index < -0.39 is 15.9 Å². The lowest BCUT2D eigenvalue weighted by Gasteiger charge is -2.16. The highest BCUT2D eigenvalue weighted by Gasteiger charge is 2.20. The van der Waals surface area contributed by atoms with Gasteiger partial charge in [-0.15, -0.1) is 0 Å². The summed E-state index contributed by atoms with van der Waals surface area (Å²) in [5.41, 5.74) is -0.544.